The van der Waals surface area contributed by atoms with Crippen LogP contribution in [0.3, 0.4) is 0 Å². The van der Waals surface area contributed by atoms with Gasteiger partial charge in [-0.05, 0) is 80.1 Å². The Balaban J connectivity index is 1.10. The van der Waals surface area contributed by atoms with Crippen LogP contribution in [0.1, 0.15) is 43.4 Å². The number of benzene rings is 1. The standard InChI is InChI=1S/C34H38N8/c1-4-24(2)38-29-9-8-16-41(22-29)21-26-14-15-35-31(19-26)25(3)39-28-12-10-27(11-13-28)32-20-30-33(40-32)36-23-37-34(30)42-17-6-5-7-18-42/h1,10-15,19-20,23,29,38-39H,2-3,5-9,16-18,21-22H2,(H,36,37,40). The first-order valence-electron chi connectivity index (χ1n) is 14.8. The van der Waals surface area contributed by atoms with Gasteiger partial charge in [0.25, 0.3) is 0 Å². The van der Waals surface area contributed by atoms with Crippen molar-refractivity contribution in [3.63, 3.8) is 0 Å². The fraction of sp³-hybridized carbons (Fsp3) is 0.324. The molecule has 2 aliphatic heterocycles. The largest absolute Gasteiger partial charge is 0.375 e. The molecule has 0 amide bonds. The molecule has 1 aromatic carbocycles. The van der Waals surface area contributed by atoms with E-state index >= 15 is 0 Å². The molecule has 4 aromatic rings. The minimum atomic E-state index is 0.331. The normalized spacial score (nSPS) is 17.5. The van der Waals surface area contributed by atoms with Crippen molar-refractivity contribution in [2.24, 2.45) is 0 Å². The lowest BCUT2D eigenvalue weighted by molar-refractivity contribution is 0.189. The molecule has 2 saturated heterocycles. The average Bonchev–Trinajstić information content (AvgIpc) is 3.47. The second-order valence-electron chi connectivity index (χ2n) is 11.3. The summed E-state index contributed by atoms with van der Waals surface area (Å²) in [6.07, 6.45) is 14.9. The summed E-state index contributed by atoms with van der Waals surface area (Å²) >= 11 is 0. The lowest BCUT2D eigenvalue weighted by Gasteiger charge is -2.33. The average molecular weight is 559 g/mol. The van der Waals surface area contributed by atoms with Gasteiger partial charge < -0.3 is 20.5 Å². The van der Waals surface area contributed by atoms with Crippen LogP contribution in [0.15, 0.2) is 73.8 Å². The van der Waals surface area contributed by atoms with Crippen LogP contribution in [-0.4, -0.2) is 57.1 Å². The van der Waals surface area contributed by atoms with Crippen LogP contribution in [0.4, 0.5) is 11.5 Å². The second kappa shape index (κ2) is 12.5. The first kappa shape index (κ1) is 27.6. The van der Waals surface area contributed by atoms with E-state index in [1.807, 2.05) is 6.20 Å². The van der Waals surface area contributed by atoms with Gasteiger partial charge in [0.2, 0.25) is 0 Å². The molecule has 3 N–H and O–H groups in total. The minimum absolute atomic E-state index is 0.331. The number of aromatic nitrogens is 4. The lowest BCUT2D eigenvalue weighted by Crippen LogP contribution is -2.44. The highest BCUT2D eigenvalue weighted by atomic mass is 15.2. The van der Waals surface area contributed by atoms with Gasteiger partial charge in [-0.2, -0.15) is 0 Å². The predicted octanol–water partition coefficient (Wildman–Crippen LogP) is 5.79. The van der Waals surface area contributed by atoms with E-state index in [2.05, 4.69) is 102 Å². The van der Waals surface area contributed by atoms with Crippen LogP contribution in [-0.2, 0) is 6.54 Å². The molecule has 0 saturated carbocycles. The summed E-state index contributed by atoms with van der Waals surface area (Å²) in [4.78, 5) is 22.0. The zero-order chi connectivity index (χ0) is 28.9. The van der Waals surface area contributed by atoms with E-state index in [0.29, 0.717) is 11.7 Å². The molecule has 0 radical (unpaired) electrons. The van der Waals surface area contributed by atoms with E-state index in [9.17, 15) is 0 Å². The molecule has 3 aromatic heterocycles. The Morgan fingerprint density at radius 2 is 1.83 bits per heavy atom. The highest BCUT2D eigenvalue weighted by Crippen LogP contribution is 2.31. The lowest BCUT2D eigenvalue weighted by atomic mass is 10.0. The summed E-state index contributed by atoms with van der Waals surface area (Å²) in [5.74, 6) is 3.62. The number of aromatic amines is 1. The van der Waals surface area contributed by atoms with Crippen molar-refractivity contribution in [1.82, 2.24) is 30.2 Å². The number of likely N-dealkylation sites (tertiary alicyclic amines) is 1. The Morgan fingerprint density at radius 1 is 1.00 bits per heavy atom. The first-order chi connectivity index (χ1) is 20.6. The van der Waals surface area contributed by atoms with E-state index in [1.54, 1.807) is 6.33 Å². The molecule has 2 aliphatic rings. The van der Waals surface area contributed by atoms with E-state index < -0.39 is 0 Å². The molecule has 214 valence electrons. The number of H-pyrrole nitrogens is 1. The van der Waals surface area contributed by atoms with Gasteiger partial charge in [0.05, 0.1) is 22.5 Å². The number of fused-ring (bicyclic) bond motifs is 1. The number of hydrogen-bond donors (Lipinski definition) is 3. The summed E-state index contributed by atoms with van der Waals surface area (Å²) in [6.45, 7) is 13.1. The minimum Gasteiger partial charge on any atom is -0.375 e. The maximum Gasteiger partial charge on any atom is 0.143 e. The van der Waals surface area contributed by atoms with Crippen LogP contribution in [0.2, 0.25) is 0 Å². The zero-order valence-corrected chi connectivity index (χ0v) is 24.1. The molecule has 0 bridgehead atoms. The number of hydrogen-bond acceptors (Lipinski definition) is 7. The Labute approximate surface area is 248 Å². The molecule has 42 heavy (non-hydrogen) atoms. The third-order valence-corrected chi connectivity index (χ3v) is 8.15. The van der Waals surface area contributed by atoms with Gasteiger partial charge in [0.15, 0.2) is 0 Å². The van der Waals surface area contributed by atoms with Crippen molar-refractivity contribution in [2.45, 2.75) is 44.7 Å². The summed E-state index contributed by atoms with van der Waals surface area (Å²) in [5.41, 5.74) is 7.41. The molecule has 1 atom stereocenters. The topological polar surface area (TPSA) is 85.0 Å². The number of allylic oxidation sites excluding steroid dienone is 1. The van der Waals surface area contributed by atoms with Crippen LogP contribution >= 0.6 is 0 Å². The summed E-state index contributed by atoms with van der Waals surface area (Å²) < 4.78 is 0. The molecule has 0 aliphatic carbocycles. The number of piperidine rings is 2. The third-order valence-electron chi connectivity index (χ3n) is 8.15. The molecule has 5 heterocycles. The van der Waals surface area contributed by atoms with Crippen LogP contribution in [0.25, 0.3) is 28.0 Å². The highest BCUT2D eigenvalue weighted by molar-refractivity contribution is 5.92. The van der Waals surface area contributed by atoms with Crippen molar-refractivity contribution in [3.8, 4) is 23.6 Å². The molecule has 8 heteroatoms. The van der Waals surface area contributed by atoms with Crippen molar-refractivity contribution >= 4 is 28.2 Å². The van der Waals surface area contributed by atoms with E-state index in [0.717, 1.165) is 90.8 Å². The molecular formula is C34H38N8. The summed E-state index contributed by atoms with van der Waals surface area (Å²) in [6, 6.07) is 15.0. The number of nitrogens with one attached hydrogen (secondary N) is 3. The van der Waals surface area contributed by atoms with E-state index in [-0.39, 0.29) is 0 Å². The van der Waals surface area contributed by atoms with Gasteiger partial charge in [-0.1, -0.05) is 31.2 Å². The molecular weight excluding hydrogens is 520 g/mol. The Kier molecular flexibility index (Phi) is 8.20. The van der Waals surface area contributed by atoms with Crippen LogP contribution < -0.4 is 15.5 Å². The van der Waals surface area contributed by atoms with Gasteiger partial charge in [0, 0.05) is 49.8 Å². The maximum atomic E-state index is 5.47. The van der Waals surface area contributed by atoms with Crippen molar-refractivity contribution in [2.75, 3.05) is 36.4 Å². The van der Waals surface area contributed by atoms with E-state index in [4.69, 9.17) is 6.42 Å². The Morgan fingerprint density at radius 3 is 2.64 bits per heavy atom. The molecule has 2 fully saturated rings. The molecule has 6 rings (SSSR count). The van der Waals surface area contributed by atoms with Gasteiger partial charge in [-0.3, -0.25) is 9.88 Å². The monoisotopic (exact) mass is 558 g/mol. The number of anilines is 2. The SMILES string of the molecule is C#CC(=C)NC1CCCN(Cc2ccnc(C(=C)Nc3ccc(-c4cc5c(N6CCCCC6)ncnc5[nH]4)cc3)c2)C1. The molecule has 8 nitrogen and oxygen atoms in total. The fourth-order valence-electron chi connectivity index (χ4n) is 6.01. The van der Waals surface area contributed by atoms with Crippen molar-refractivity contribution < 1.29 is 0 Å². The predicted molar refractivity (Wildman–Crippen MR) is 172 cm³/mol. The third kappa shape index (κ3) is 6.32. The van der Waals surface area contributed by atoms with Crippen molar-refractivity contribution in [3.05, 3.63) is 85.1 Å². The maximum absolute atomic E-state index is 5.47. The number of terminal acetylenes is 1. The Hall–Kier alpha value is -4.61. The fourth-order valence-corrected chi connectivity index (χ4v) is 6.01. The molecule has 1 unspecified atom stereocenters. The van der Waals surface area contributed by atoms with Crippen molar-refractivity contribution in [1.29, 1.82) is 0 Å². The summed E-state index contributed by atoms with van der Waals surface area (Å²) in [5, 5.41) is 7.87. The van der Waals surface area contributed by atoms with Gasteiger partial charge in [-0.25, -0.2) is 9.97 Å². The zero-order valence-electron chi connectivity index (χ0n) is 24.1. The number of nitrogens with zero attached hydrogens (tertiary/aromatic N) is 5. The van der Waals surface area contributed by atoms with Crippen LogP contribution in [0, 0.1) is 12.3 Å². The first-order valence-corrected chi connectivity index (χ1v) is 14.8. The quantitative estimate of drug-likeness (QED) is 0.224. The van der Waals surface area contributed by atoms with Gasteiger partial charge in [0.1, 0.15) is 17.8 Å². The van der Waals surface area contributed by atoms with E-state index in [1.165, 1.54) is 24.8 Å². The highest BCUT2D eigenvalue weighted by Gasteiger charge is 2.20. The molecule has 0 spiro atoms. The van der Waals surface area contributed by atoms with Gasteiger partial charge >= 0.3 is 0 Å². The number of pyridine rings is 1. The second-order valence-corrected chi connectivity index (χ2v) is 11.3. The number of rotatable bonds is 9. The van der Waals surface area contributed by atoms with Gasteiger partial charge in [-0.15, -0.1) is 6.42 Å². The smallest absolute Gasteiger partial charge is 0.143 e. The van der Waals surface area contributed by atoms with Crippen LogP contribution in [0.5, 0.6) is 0 Å². The summed E-state index contributed by atoms with van der Waals surface area (Å²) in [7, 11) is 0. The Bertz CT molecular complexity index is 1610.